The molecule has 0 spiro atoms. The van der Waals surface area contributed by atoms with Crippen molar-refractivity contribution in [3.63, 3.8) is 0 Å². The zero-order valence-electron chi connectivity index (χ0n) is 5.66. The molecular formula is C5H4Cl2N2O2S. The molecule has 0 aliphatic carbocycles. The van der Waals surface area contributed by atoms with E-state index >= 15 is 0 Å². The molecule has 4 nitrogen and oxygen atoms in total. The van der Waals surface area contributed by atoms with Gasteiger partial charge in [-0.15, -0.1) is 0 Å². The average Bonchev–Trinajstić information content (AvgIpc) is 1.91. The average molecular weight is 227 g/mol. The lowest BCUT2D eigenvalue weighted by Gasteiger charge is -1.99. The molecular weight excluding hydrogens is 223 g/mol. The van der Waals surface area contributed by atoms with Crippen LogP contribution >= 0.6 is 22.3 Å². The second-order valence-corrected chi connectivity index (χ2v) is 4.64. The SMILES string of the molecule is O=S(=O)(Cl)Nc1ccc(Cl)cn1. The van der Waals surface area contributed by atoms with Gasteiger partial charge in [0.1, 0.15) is 5.82 Å². The predicted molar refractivity (Wildman–Crippen MR) is 47.6 cm³/mol. The van der Waals surface area contributed by atoms with Gasteiger partial charge in [-0.1, -0.05) is 11.6 Å². The third-order valence-corrected chi connectivity index (χ3v) is 1.86. The molecule has 0 aliphatic heterocycles. The van der Waals surface area contributed by atoms with Gasteiger partial charge in [0, 0.05) is 16.9 Å². The zero-order valence-corrected chi connectivity index (χ0v) is 7.99. The van der Waals surface area contributed by atoms with E-state index < -0.39 is 9.24 Å². The van der Waals surface area contributed by atoms with E-state index in [4.69, 9.17) is 22.3 Å². The van der Waals surface area contributed by atoms with Crippen LogP contribution in [0.15, 0.2) is 18.3 Å². The van der Waals surface area contributed by atoms with Crippen LogP contribution in [-0.4, -0.2) is 13.4 Å². The van der Waals surface area contributed by atoms with Gasteiger partial charge in [-0.2, -0.15) is 8.42 Å². The highest BCUT2D eigenvalue weighted by Crippen LogP contribution is 2.11. The second kappa shape index (κ2) is 3.47. The van der Waals surface area contributed by atoms with E-state index in [9.17, 15) is 8.42 Å². The molecule has 0 saturated heterocycles. The summed E-state index contributed by atoms with van der Waals surface area (Å²) in [4.78, 5) is 3.66. The molecule has 0 atom stereocenters. The number of nitrogens with zero attached hydrogens (tertiary/aromatic N) is 1. The zero-order chi connectivity index (χ0) is 9.19. The van der Waals surface area contributed by atoms with Crippen LogP contribution in [0.1, 0.15) is 0 Å². The molecule has 1 rings (SSSR count). The van der Waals surface area contributed by atoms with Gasteiger partial charge < -0.3 is 0 Å². The van der Waals surface area contributed by atoms with Crippen molar-refractivity contribution in [1.82, 2.24) is 4.98 Å². The summed E-state index contributed by atoms with van der Waals surface area (Å²) in [5.41, 5.74) is 0. The molecule has 0 bridgehead atoms. The molecule has 0 saturated carbocycles. The van der Waals surface area contributed by atoms with Gasteiger partial charge in [-0.3, -0.25) is 4.72 Å². The Balaban J connectivity index is 2.85. The van der Waals surface area contributed by atoms with Crippen LogP contribution in [0.4, 0.5) is 5.82 Å². The van der Waals surface area contributed by atoms with Crippen molar-refractivity contribution in [2.75, 3.05) is 4.72 Å². The maximum absolute atomic E-state index is 10.5. The summed E-state index contributed by atoms with van der Waals surface area (Å²) in [5.74, 6) is 0.134. The fraction of sp³-hybridized carbons (Fsp3) is 0. The highest BCUT2D eigenvalue weighted by atomic mass is 35.7. The Morgan fingerprint density at radius 3 is 2.50 bits per heavy atom. The Morgan fingerprint density at radius 2 is 2.08 bits per heavy atom. The number of rotatable bonds is 2. The molecule has 0 unspecified atom stereocenters. The van der Waals surface area contributed by atoms with E-state index in [1.165, 1.54) is 18.3 Å². The third kappa shape index (κ3) is 3.25. The first-order chi connectivity index (χ1) is 5.47. The summed E-state index contributed by atoms with van der Waals surface area (Å²) >= 11 is 5.51. The molecule has 66 valence electrons. The number of hydrogen-bond donors (Lipinski definition) is 1. The van der Waals surface area contributed by atoms with E-state index in [0.29, 0.717) is 5.02 Å². The highest BCUT2D eigenvalue weighted by molar-refractivity contribution is 8.14. The van der Waals surface area contributed by atoms with Crippen LogP contribution in [-0.2, 0) is 9.24 Å². The minimum absolute atomic E-state index is 0.134. The van der Waals surface area contributed by atoms with Crippen molar-refractivity contribution in [2.24, 2.45) is 0 Å². The smallest absolute Gasteiger partial charge is 0.254 e. The monoisotopic (exact) mass is 226 g/mol. The van der Waals surface area contributed by atoms with Gasteiger partial charge in [-0.25, -0.2) is 4.98 Å². The Bertz CT molecular complexity index is 362. The maximum atomic E-state index is 10.5. The number of nitrogens with one attached hydrogen (secondary N) is 1. The molecule has 0 aromatic carbocycles. The molecule has 0 radical (unpaired) electrons. The molecule has 1 N–H and O–H groups in total. The van der Waals surface area contributed by atoms with Crippen molar-refractivity contribution in [3.8, 4) is 0 Å². The van der Waals surface area contributed by atoms with Crippen LogP contribution in [0.2, 0.25) is 5.02 Å². The van der Waals surface area contributed by atoms with Crippen LogP contribution in [0.25, 0.3) is 0 Å². The molecule has 7 heteroatoms. The van der Waals surface area contributed by atoms with E-state index in [-0.39, 0.29) is 5.82 Å². The van der Waals surface area contributed by atoms with Crippen LogP contribution < -0.4 is 4.72 Å². The lowest BCUT2D eigenvalue weighted by Crippen LogP contribution is -2.05. The van der Waals surface area contributed by atoms with Crippen molar-refractivity contribution < 1.29 is 8.42 Å². The van der Waals surface area contributed by atoms with Crippen LogP contribution in [0.5, 0.6) is 0 Å². The Labute approximate surface area is 79.1 Å². The normalized spacial score (nSPS) is 11.2. The Kier molecular flexibility index (Phi) is 2.76. The van der Waals surface area contributed by atoms with Crippen molar-refractivity contribution in [2.45, 2.75) is 0 Å². The van der Waals surface area contributed by atoms with Gasteiger partial charge in [0.15, 0.2) is 0 Å². The lowest BCUT2D eigenvalue weighted by atomic mass is 10.5. The number of aromatic nitrogens is 1. The summed E-state index contributed by atoms with van der Waals surface area (Å²) in [6.07, 6.45) is 1.31. The van der Waals surface area contributed by atoms with E-state index in [0.717, 1.165) is 0 Å². The Hall–Kier alpha value is -0.520. The van der Waals surface area contributed by atoms with E-state index in [1.807, 2.05) is 4.72 Å². The molecule has 1 aromatic rings. The number of pyridine rings is 1. The van der Waals surface area contributed by atoms with Crippen LogP contribution in [0.3, 0.4) is 0 Å². The van der Waals surface area contributed by atoms with Gasteiger partial charge in [0.25, 0.3) is 0 Å². The summed E-state index contributed by atoms with van der Waals surface area (Å²) in [7, 11) is 1.12. The summed E-state index contributed by atoms with van der Waals surface area (Å²) in [6, 6.07) is 2.90. The minimum atomic E-state index is -3.77. The number of halogens is 2. The van der Waals surface area contributed by atoms with Crippen molar-refractivity contribution in [1.29, 1.82) is 0 Å². The number of anilines is 1. The Morgan fingerprint density at radius 1 is 1.42 bits per heavy atom. The first kappa shape index (κ1) is 9.57. The summed E-state index contributed by atoms with van der Waals surface area (Å²) in [5, 5.41) is 0.424. The first-order valence-electron chi connectivity index (χ1n) is 2.81. The van der Waals surface area contributed by atoms with Crippen molar-refractivity contribution in [3.05, 3.63) is 23.4 Å². The van der Waals surface area contributed by atoms with Crippen LogP contribution in [0, 0.1) is 0 Å². The predicted octanol–water partition coefficient (Wildman–Crippen LogP) is 1.63. The molecule has 12 heavy (non-hydrogen) atoms. The quantitative estimate of drug-likeness (QED) is 0.781. The first-order valence-corrected chi connectivity index (χ1v) is 5.50. The number of hydrogen-bond acceptors (Lipinski definition) is 3. The largest absolute Gasteiger partial charge is 0.320 e. The molecule has 0 fully saturated rings. The standard InChI is InChI=1S/C5H4Cl2N2O2S/c6-4-1-2-5(8-3-4)9-12(7,10)11/h1-3H,(H,8,9). The molecule has 1 heterocycles. The fourth-order valence-electron chi connectivity index (χ4n) is 0.561. The van der Waals surface area contributed by atoms with Gasteiger partial charge >= 0.3 is 9.24 Å². The van der Waals surface area contributed by atoms with Gasteiger partial charge in [-0.05, 0) is 12.1 Å². The van der Waals surface area contributed by atoms with Gasteiger partial charge in [0.05, 0.1) is 5.02 Å². The van der Waals surface area contributed by atoms with Crippen molar-refractivity contribution >= 4 is 37.3 Å². The second-order valence-electron chi connectivity index (χ2n) is 1.90. The highest BCUT2D eigenvalue weighted by Gasteiger charge is 2.04. The summed E-state index contributed by atoms with van der Waals surface area (Å²) in [6.45, 7) is 0. The van der Waals surface area contributed by atoms with E-state index in [2.05, 4.69) is 4.98 Å². The van der Waals surface area contributed by atoms with Gasteiger partial charge in [0.2, 0.25) is 0 Å². The fourth-order valence-corrected chi connectivity index (χ4v) is 1.28. The minimum Gasteiger partial charge on any atom is -0.254 e. The molecule has 1 aromatic heterocycles. The third-order valence-electron chi connectivity index (χ3n) is 0.954. The summed E-state index contributed by atoms with van der Waals surface area (Å²) < 4.78 is 22.9. The molecule has 0 aliphatic rings. The lowest BCUT2D eigenvalue weighted by molar-refractivity contribution is 0.614. The maximum Gasteiger partial charge on any atom is 0.320 e. The topological polar surface area (TPSA) is 59.1 Å². The molecule has 0 amide bonds. The van der Waals surface area contributed by atoms with E-state index in [1.54, 1.807) is 0 Å².